The second-order valence-electron chi connectivity index (χ2n) is 11.1. The van der Waals surface area contributed by atoms with Crippen LogP contribution in [0.4, 0.5) is 5.82 Å². The van der Waals surface area contributed by atoms with Gasteiger partial charge in [0.1, 0.15) is 17.9 Å². The van der Waals surface area contributed by atoms with E-state index in [1.807, 2.05) is 0 Å². The van der Waals surface area contributed by atoms with Crippen LogP contribution < -0.4 is 10.1 Å². The maximum Gasteiger partial charge on any atom is 0.260 e. The summed E-state index contributed by atoms with van der Waals surface area (Å²) in [6, 6.07) is 6.95. The standard InChI is InChI=1S/C27H31ClN4O3/c28-20-1-3-21(4-2-20)35-15-25(34)32-6-5-22-23(14-32)29-16-30-26(22)31-24(33)13-27-10-17-7-18(11-27)9-19(8-17)12-27/h1-4,16-19H,5-15H2,(H,29,30,31,33). The highest BCUT2D eigenvalue weighted by molar-refractivity contribution is 6.30. The Bertz CT molecular complexity index is 1100. The molecular formula is C27H31ClN4O3. The first-order chi connectivity index (χ1) is 16.9. The van der Waals surface area contributed by atoms with E-state index in [-0.39, 0.29) is 23.8 Å². The van der Waals surface area contributed by atoms with Crippen molar-refractivity contribution >= 4 is 29.2 Å². The highest BCUT2D eigenvalue weighted by atomic mass is 35.5. The first kappa shape index (κ1) is 22.8. The van der Waals surface area contributed by atoms with Crippen LogP contribution in [-0.4, -0.2) is 39.8 Å². The topological polar surface area (TPSA) is 84.4 Å². The number of amides is 2. The van der Waals surface area contributed by atoms with E-state index in [4.69, 9.17) is 16.3 Å². The number of hydrogen-bond donors (Lipinski definition) is 1. The average molecular weight is 495 g/mol. The van der Waals surface area contributed by atoms with E-state index >= 15 is 0 Å². The van der Waals surface area contributed by atoms with Gasteiger partial charge in [-0.25, -0.2) is 9.97 Å². The molecule has 4 saturated carbocycles. The lowest BCUT2D eigenvalue weighted by Gasteiger charge is -2.56. The lowest BCUT2D eigenvalue weighted by Crippen LogP contribution is -2.47. The minimum atomic E-state index is -0.100. The zero-order valence-corrected chi connectivity index (χ0v) is 20.6. The van der Waals surface area contributed by atoms with E-state index in [9.17, 15) is 9.59 Å². The van der Waals surface area contributed by atoms with Crippen molar-refractivity contribution in [2.45, 2.75) is 57.9 Å². The minimum absolute atomic E-state index is 0.0449. The fourth-order valence-electron chi connectivity index (χ4n) is 7.47. The molecule has 1 N–H and O–H groups in total. The number of carbonyl (C=O) groups is 2. The number of anilines is 1. The Morgan fingerprint density at radius 2 is 1.74 bits per heavy atom. The minimum Gasteiger partial charge on any atom is -0.484 e. The molecule has 1 aromatic heterocycles. The summed E-state index contributed by atoms with van der Waals surface area (Å²) in [5.74, 6) is 3.66. The van der Waals surface area contributed by atoms with Gasteiger partial charge in [-0.3, -0.25) is 9.59 Å². The number of ether oxygens (including phenoxy) is 1. The Labute approximate surface area is 210 Å². The van der Waals surface area contributed by atoms with Crippen LogP contribution in [0, 0.1) is 23.2 Å². The summed E-state index contributed by atoms with van der Waals surface area (Å²) in [4.78, 5) is 36.4. The number of hydrogen-bond acceptors (Lipinski definition) is 5. The SMILES string of the molecule is O=C(CC12CC3CC(CC(C3)C1)C2)Nc1ncnc2c1CCN(C(=O)COc1ccc(Cl)cc1)C2. The number of aromatic nitrogens is 2. The molecule has 7 nitrogen and oxygen atoms in total. The Hall–Kier alpha value is -2.67. The highest BCUT2D eigenvalue weighted by Crippen LogP contribution is 2.61. The maximum atomic E-state index is 13.1. The summed E-state index contributed by atoms with van der Waals surface area (Å²) >= 11 is 5.90. The fourth-order valence-corrected chi connectivity index (χ4v) is 7.59. The molecule has 0 spiro atoms. The predicted octanol–water partition coefficient (Wildman–Crippen LogP) is 4.64. The molecule has 1 aromatic carbocycles. The van der Waals surface area contributed by atoms with E-state index in [2.05, 4.69) is 15.3 Å². The summed E-state index contributed by atoms with van der Waals surface area (Å²) < 4.78 is 5.62. The lowest BCUT2D eigenvalue weighted by molar-refractivity contribution is -0.134. The summed E-state index contributed by atoms with van der Waals surface area (Å²) in [5.41, 5.74) is 1.92. The Kier molecular flexibility index (Phi) is 5.91. The molecule has 4 fully saturated rings. The van der Waals surface area contributed by atoms with Crippen molar-refractivity contribution in [3.05, 3.63) is 46.9 Å². The molecule has 4 aliphatic carbocycles. The lowest BCUT2D eigenvalue weighted by atomic mass is 9.49. The zero-order chi connectivity index (χ0) is 24.0. The van der Waals surface area contributed by atoms with Gasteiger partial charge in [0, 0.05) is 23.6 Å². The van der Waals surface area contributed by atoms with Crippen molar-refractivity contribution < 1.29 is 14.3 Å². The summed E-state index contributed by atoms with van der Waals surface area (Å²) in [5, 5.41) is 3.73. The van der Waals surface area contributed by atoms with Crippen LogP contribution in [0.5, 0.6) is 5.75 Å². The van der Waals surface area contributed by atoms with Crippen LogP contribution in [0.1, 0.15) is 56.2 Å². The number of rotatable bonds is 6. The van der Waals surface area contributed by atoms with E-state index in [0.717, 1.165) is 29.0 Å². The van der Waals surface area contributed by atoms with E-state index in [1.54, 1.807) is 29.2 Å². The van der Waals surface area contributed by atoms with Crippen molar-refractivity contribution in [1.29, 1.82) is 0 Å². The summed E-state index contributed by atoms with van der Waals surface area (Å²) in [7, 11) is 0. The number of halogens is 1. The first-order valence-electron chi connectivity index (χ1n) is 12.7. The van der Waals surface area contributed by atoms with E-state index < -0.39 is 0 Å². The van der Waals surface area contributed by atoms with Crippen molar-refractivity contribution in [2.24, 2.45) is 23.2 Å². The molecule has 35 heavy (non-hydrogen) atoms. The molecule has 184 valence electrons. The van der Waals surface area contributed by atoms with Gasteiger partial charge in [0.2, 0.25) is 5.91 Å². The summed E-state index contributed by atoms with van der Waals surface area (Å²) in [6.07, 6.45) is 10.5. The quantitative estimate of drug-likeness (QED) is 0.632. The molecular weight excluding hydrogens is 464 g/mol. The van der Waals surface area contributed by atoms with Crippen molar-refractivity contribution in [3.63, 3.8) is 0 Å². The third-order valence-electron chi connectivity index (χ3n) is 8.49. The second-order valence-corrected chi connectivity index (χ2v) is 11.5. The monoisotopic (exact) mass is 494 g/mol. The third-order valence-corrected chi connectivity index (χ3v) is 8.75. The largest absolute Gasteiger partial charge is 0.484 e. The highest BCUT2D eigenvalue weighted by Gasteiger charge is 2.51. The summed E-state index contributed by atoms with van der Waals surface area (Å²) in [6.45, 7) is 0.885. The number of benzene rings is 1. The fraction of sp³-hybridized carbons (Fsp3) is 0.556. The third kappa shape index (κ3) is 4.75. The molecule has 2 amide bonds. The van der Waals surface area contributed by atoms with Crippen molar-refractivity contribution in [1.82, 2.24) is 14.9 Å². The predicted molar refractivity (Wildman–Crippen MR) is 132 cm³/mol. The van der Waals surface area contributed by atoms with Crippen molar-refractivity contribution in [3.8, 4) is 5.75 Å². The smallest absolute Gasteiger partial charge is 0.260 e. The second kappa shape index (κ2) is 9.08. The molecule has 2 aromatic rings. The molecule has 2 heterocycles. The van der Waals surface area contributed by atoms with Gasteiger partial charge in [0.25, 0.3) is 5.91 Å². The van der Waals surface area contributed by atoms with E-state index in [0.29, 0.717) is 42.5 Å². The van der Waals surface area contributed by atoms with Gasteiger partial charge in [-0.15, -0.1) is 0 Å². The van der Waals surface area contributed by atoms with Gasteiger partial charge < -0.3 is 15.0 Å². The number of carbonyl (C=O) groups excluding carboxylic acids is 2. The molecule has 0 atom stereocenters. The molecule has 0 saturated heterocycles. The van der Waals surface area contributed by atoms with Gasteiger partial charge >= 0.3 is 0 Å². The van der Waals surface area contributed by atoms with Crippen LogP contribution in [0.2, 0.25) is 5.02 Å². The molecule has 7 rings (SSSR count). The zero-order valence-electron chi connectivity index (χ0n) is 19.8. The van der Waals surface area contributed by atoms with Gasteiger partial charge in [0.05, 0.1) is 12.2 Å². The number of nitrogens with zero attached hydrogens (tertiary/aromatic N) is 3. The molecule has 0 radical (unpaired) electrons. The normalized spacial score (nSPS) is 28.5. The maximum absolute atomic E-state index is 13.1. The molecule has 4 bridgehead atoms. The van der Waals surface area contributed by atoms with Crippen LogP contribution in [0.25, 0.3) is 0 Å². The van der Waals surface area contributed by atoms with Gasteiger partial charge in [0.15, 0.2) is 6.61 Å². The Morgan fingerprint density at radius 1 is 1.06 bits per heavy atom. The Balaban J connectivity index is 1.07. The van der Waals surface area contributed by atoms with Crippen molar-refractivity contribution in [2.75, 3.05) is 18.5 Å². The molecule has 1 aliphatic heterocycles. The van der Waals surface area contributed by atoms with Gasteiger partial charge in [-0.05, 0) is 92.4 Å². The van der Waals surface area contributed by atoms with Gasteiger partial charge in [-0.1, -0.05) is 11.6 Å². The first-order valence-corrected chi connectivity index (χ1v) is 13.1. The molecule has 8 heteroatoms. The molecule has 5 aliphatic rings. The number of fused-ring (bicyclic) bond motifs is 1. The van der Waals surface area contributed by atoms with Gasteiger partial charge in [-0.2, -0.15) is 0 Å². The van der Waals surface area contributed by atoms with Crippen LogP contribution in [0.3, 0.4) is 0 Å². The van der Waals surface area contributed by atoms with E-state index in [1.165, 1.54) is 44.9 Å². The molecule has 0 unspecified atom stereocenters. The van der Waals surface area contributed by atoms with Crippen LogP contribution in [0.15, 0.2) is 30.6 Å². The van der Waals surface area contributed by atoms with Crippen LogP contribution >= 0.6 is 11.6 Å². The number of nitrogens with one attached hydrogen (secondary N) is 1. The van der Waals surface area contributed by atoms with Crippen LogP contribution in [-0.2, 0) is 22.6 Å². The average Bonchev–Trinajstić information content (AvgIpc) is 2.82. The Morgan fingerprint density at radius 3 is 2.43 bits per heavy atom.